The molecule has 0 N–H and O–H groups in total. The van der Waals surface area contributed by atoms with Gasteiger partial charge in [0.15, 0.2) is 11.5 Å². The van der Waals surface area contributed by atoms with Gasteiger partial charge in [-0.3, -0.25) is 0 Å². The zero-order chi connectivity index (χ0) is 21.3. The van der Waals surface area contributed by atoms with Crippen LogP contribution in [0.1, 0.15) is 10.6 Å². The molecule has 0 atom stereocenters. The predicted molar refractivity (Wildman–Crippen MR) is 125 cm³/mol. The number of para-hydroxylation sites is 1. The molecule has 164 valence electrons. The van der Waals surface area contributed by atoms with Gasteiger partial charge in [0.25, 0.3) is 0 Å². The van der Waals surface area contributed by atoms with Gasteiger partial charge in [-0.1, -0.05) is 24.3 Å². The van der Waals surface area contributed by atoms with E-state index in [9.17, 15) is 0 Å². The molecule has 7 heteroatoms. The summed E-state index contributed by atoms with van der Waals surface area (Å²) in [6, 6.07) is 14.1. The van der Waals surface area contributed by atoms with E-state index >= 15 is 0 Å². The lowest BCUT2D eigenvalue weighted by Gasteiger charge is -2.16. The van der Waals surface area contributed by atoms with Crippen molar-refractivity contribution in [1.82, 2.24) is 9.88 Å². The number of ether oxygens (including phenoxy) is 4. The predicted octanol–water partition coefficient (Wildman–Crippen LogP) is 4.20. The van der Waals surface area contributed by atoms with E-state index in [1.807, 2.05) is 48.6 Å². The zero-order valence-corrected chi connectivity index (χ0v) is 18.6. The number of rotatable bonds is 2. The molecular formula is C24H28N2O4S. The van der Waals surface area contributed by atoms with Crippen LogP contribution in [-0.4, -0.2) is 69.7 Å². The van der Waals surface area contributed by atoms with E-state index in [-0.39, 0.29) is 0 Å². The Bertz CT molecular complexity index is 971. The second kappa shape index (κ2) is 11.2. The van der Waals surface area contributed by atoms with Crippen LogP contribution in [0.2, 0.25) is 0 Å². The minimum absolute atomic E-state index is 0.474. The quantitative estimate of drug-likeness (QED) is 0.595. The summed E-state index contributed by atoms with van der Waals surface area (Å²) in [6.07, 6.45) is 4.08. The van der Waals surface area contributed by atoms with Crippen LogP contribution < -0.4 is 9.47 Å². The fraction of sp³-hybridized carbons (Fsp3) is 0.375. The minimum Gasteiger partial charge on any atom is -0.487 e. The van der Waals surface area contributed by atoms with E-state index in [1.165, 1.54) is 4.70 Å². The second-order valence-electron chi connectivity index (χ2n) is 7.28. The molecule has 4 rings (SSSR count). The molecule has 1 aliphatic rings. The Morgan fingerprint density at radius 2 is 1.58 bits per heavy atom. The first-order chi connectivity index (χ1) is 15.3. The molecule has 0 saturated heterocycles. The summed E-state index contributed by atoms with van der Waals surface area (Å²) in [5, 5.41) is 0.977. The van der Waals surface area contributed by atoms with Crippen molar-refractivity contribution in [3.8, 4) is 11.5 Å². The van der Waals surface area contributed by atoms with Crippen LogP contribution in [-0.2, 0) is 9.47 Å². The first-order valence-electron chi connectivity index (χ1n) is 10.6. The third-order valence-corrected chi connectivity index (χ3v) is 5.90. The van der Waals surface area contributed by atoms with Crippen LogP contribution in [0.4, 0.5) is 0 Å². The Kier molecular flexibility index (Phi) is 7.90. The molecule has 0 amide bonds. The summed E-state index contributed by atoms with van der Waals surface area (Å²) in [5.41, 5.74) is 2.05. The number of likely N-dealkylation sites (N-methyl/N-ethyl adjacent to an activating group) is 1. The lowest BCUT2D eigenvalue weighted by atomic mass is 10.2. The molecule has 31 heavy (non-hydrogen) atoms. The van der Waals surface area contributed by atoms with Crippen molar-refractivity contribution >= 4 is 33.7 Å². The maximum absolute atomic E-state index is 5.98. The van der Waals surface area contributed by atoms with Crippen molar-refractivity contribution in [2.45, 2.75) is 0 Å². The lowest BCUT2D eigenvalue weighted by molar-refractivity contribution is 0.0678. The van der Waals surface area contributed by atoms with Crippen LogP contribution in [0.15, 0.2) is 42.5 Å². The Hall–Kier alpha value is -2.45. The van der Waals surface area contributed by atoms with E-state index in [0.717, 1.165) is 29.2 Å². The van der Waals surface area contributed by atoms with Crippen LogP contribution in [0, 0.1) is 0 Å². The van der Waals surface area contributed by atoms with Crippen LogP contribution in [0.5, 0.6) is 11.5 Å². The van der Waals surface area contributed by atoms with Crippen molar-refractivity contribution in [2.24, 2.45) is 0 Å². The molecule has 3 aromatic rings. The summed E-state index contributed by atoms with van der Waals surface area (Å²) in [4.78, 5) is 6.85. The van der Waals surface area contributed by atoms with Gasteiger partial charge in [-0.25, -0.2) is 4.98 Å². The number of aromatic nitrogens is 1. The molecule has 2 heterocycles. The Morgan fingerprint density at radius 3 is 2.35 bits per heavy atom. The molecule has 0 aliphatic carbocycles. The maximum Gasteiger partial charge on any atom is 0.161 e. The summed E-state index contributed by atoms with van der Waals surface area (Å²) in [6.45, 7) is 5.14. The average molecular weight is 441 g/mol. The largest absolute Gasteiger partial charge is 0.487 e. The highest BCUT2D eigenvalue weighted by atomic mass is 32.1. The number of nitrogens with zero attached hydrogens (tertiary/aromatic N) is 2. The van der Waals surface area contributed by atoms with Crippen molar-refractivity contribution < 1.29 is 18.9 Å². The maximum atomic E-state index is 5.98. The topological polar surface area (TPSA) is 53.1 Å². The van der Waals surface area contributed by atoms with Gasteiger partial charge in [0, 0.05) is 13.1 Å². The smallest absolute Gasteiger partial charge is 0.161 e. The average Bonchev–Trinajstić information content (AvgIpc) is 3.20. The van der Waals surface area contributed by atoms with E-state index in [2.05, 4.69) is 23.0 Å². The SMILES string of the molecule is CN1CCOCCOc2ccc(/C=C/c3nc4ccccc4s3)cc2OCCOCC1. The monoisotopic (exact) mass is 440 g/mol. The Labute approximate surface area is 187 Å². The van der Waals surface area contributed by atoms with Gasteiger partial charge in [0.2, 0.25) is 0 Å². The first kappa shape index (κ1) is 21.8. The summed E-state index contributed by atoms with van der Waals surface area (Å²) >= 11 is 1.68. The van der Waals surface area contributed by atoms with Crippen LogP contribution in [0.3, 0.4) is 0 Å². The highest BCUT2D eigenvalue weighted by Gasteiger charge is 2.08. The highest BCUT2D eigenvalue weighted by molar-refractivity contribution is 7.19. The Balaban J connectivity index is 1.45. The fourth-order valence-corrected chi connectivity index (χ4v) is 4.04. The van der Waals surface area contributed by atoms with Crippen LogP contribution in [0.25, 0.3) is 22.4 Å². The Morgan fingerprint density at radius 1 is 0.839 bits per heavy atom. The van der Waals surface area contributed by atoms with Gasteiger partial charge in [-0.15, -0.1) is 11.3 Å². The third-order valence-electron chi connectivity index (χ3n) is 4.90. The molecule has 2 aromatic carbocycles. The highest BCUT2D eigenvalue weighted by Crippen LogP contribution is 2.30. The van der Waals surface area contributed by atoms with Crippen LogP contribution >= 0.6 is 11.3 Å². The second-order valence-corrected chi connectivity index (χ2v) is 8.35. The minimum atomic E-state index is 0.474. The number of thiazole rings is 1. The number of hydrogen-bond acceptors (Lipinski definition) is 7. The van der Waals surface area contributed by atoms with Gasteiger partial charge in [-0.05, 0) is 43.0 Å². The molecule has 6 nitrogen and oxygen atoms in total. The van der Waals surface area contributed by atoms with Gasteiger partial charge in [0.1, 0.15) is 18.2 Å². The number of fused-ring (bicyclic) bond motifs is 2. The lowest BCUT2D eigenvalue weighted by Crippen LogP contribution is -2.27. The molecular weight excluding hydrogens is 412 g/mol. The summed E-state index contributed by atoms with van der Waals surface area (Å²) in [5.74, 6) is 1.43. The van der Waals surface area contributed by atoms with E-state index in [4.69, 9.17) is 18.9 Å². The van der Waals surface area contributed by atoms with Crippen molar-refractivity contribution in [1.29, 1.82) is 0 Å². The zero-order valence-electron chi connectivity index (χ0n) is 17.8. The van der Waals surface area contributed by atoms with E-state index < -0.39 is 0 Å². The standard InChI is InChI=1S/C24H28N2O4S/c1-26-10-12-27-14-16-29-21-8-6-19(18-22(21)30-17-15-28-13-11-26)7-9-24-25-20-4-2-3-5-23(20)31-24/h2-9,18H,10-17H2,1H3/b9-7+. The molecule has 1 aromatic heterocycles. The van der Waals surface area contributed by atoms with Crippen molar-refractivity contribution in [2.75, 3.05) is 59.8 Å². The van der Waals surface area contributed by atoms with E-state index in [1.54, 1.807) is 11.3 Å². The summed E-state index contributed by atoms with van der Waals surface area (Å²) in [7, 11) is 2.07. The van der Waals surface area contributed by atoms with E-state index in [0.29, 0.717) is 51.1 Å². The van der Waals surface area contributed by atoms with Gasteiger partial charge in [-0.2, -0.15) is 0 Å². The van der Waals surface area contributed by atoms with Crippen molar-refractivity contribution in [3.63, 3.8) is 0 Å². The molecule has 1 aliphatic heterocycles. The number of hydrogen-bond donors (Lipinski definition) is 0. The van der Waals surface area contributed by atoms with Crippen molar-refractivity contribution in [3.05, 3.63) is 53.0 Å². The molecule has 0 saturated carbocycles. The molecule has 0 unspecified atom stereocenters. The number of benzene rings is 2. The summed E-state index contributed by atoms with van der Waals surface area (Å²) < 4.78 is 24.4. The molecule has 0 fully saturated rings. The fourth-order valence-electron chi connectivity index (χ4n) is 3.17. The van der Waals surface area contributed by atoms with Gasteiger partial charge < -0.3 is 23.8 Å². The first-order valence-corrected chi connectivity index (χ1v) is 11.4. The van der Waals surface area contributed by atoms with Gasteiger partial charge >= 0.3 is 0 Å². The van der Waals surface area contributed by atoms with Gasteiger partial charge in [0.05, 0.1) is 36.6 Å². The third kappa shape index (κ3) is 6.51. The normalized spacial score (nSPS) is 17.5. The molecule has 0 bridgehead atoms. The molecule has 0 spiro atoms. The molecule has 0 radical (unpaired) electrons.